The lowest BCUT2D eigenvalue weighted by atomic mass is 10.1. The Morgan fingerprint density at radius 1 is 0.684 bits per heavy atom. The molecule has 0 aliphatic rings. The van der Waals surface area contributed by atoms with Gasteiger partial charge < -0.3 is 11.1 Å². The summed E-state index contributed by atoms with van der Waals surface area (Å²) >= 11 is 0. The third kappa shape index (κ3) is 14.1. The molecule has 0 heterocycles. The normalized spacial score (nSPS) is 11.4. The fourth-order valence-electron chi connectivity index (χ4n) is 2.57. The van der Waals surface area contributed by atoms with Crippen LogP contribution in [0.2, 0.25) is 0 Å². The van der Waals surface area contributed by atoms with E-state index in [-0.39, 0.29) is 0 Å². The SMILES string of the molecule is CCC(CC)NCCCCCCCCCCCCN. The summed E-state index contributed by atoms with van der Waals surface area (Å²) in [6.07, 6.45) is 16.3. The van der Waals surface area contributed by atoms with Crippen LogP contribution in [0.1, 0.15) is 90.9 Å². The van der Waals surface area contributed by atoms with Gasteiger partial charge in [-0.2, -0.15) is 0 Å². The Labute approximate surface area is 121 Å². The summed E-state index contributed by atoms with van der Waals surface area (Å²) in [5, 5.41) is 3.64. The van der Waals surface area contributed by atoms with E-state index in [1.165, 1.54) is 83.6 Å². The summed E-state index contributed by atoms with van der Waals surface area (Å²) in [6, 6.07) is 0.744. The lowest BCUT2D eigenvalue weighted by Gasteiger charge is -2.14. The van der Waals surface area contributed by atoms with E-state index in [4.69, 9.17) is 5.73 Å². The van der Waals surface area contributed by atoms with Crippen molar-refractivity contribution in [1.82, 2.24) is 5.32 Å². The van der Waals surface area contributed by atoms with Gasteiger partial charge in [-0.1, -0.05) is 65.2 Å². The van der Waals surface area contributed by atoms with E-state index in [0.717, 1.165) is 12.6 Å². The fraction of sp³-hybridized carbons (Fsp3) is 1.00. The number of hydrogen-bond donors (Lipinski definition) is 2. The maximum Gasteiger partial charge on any atom is 0.00618 e. The molecule has 0 unspecified atom stereocenters. The molecular formula is C17H38N2. The van der Waals surface area contributed by atoms with E-state index in [9.17, 15) is 0 Å². The van der Waals surface area contributed by atoms with Crippen molar-refractivity contribution in [3.63, 3.8) is 0 Å². The predicted molar refractivity (Wildman–Crippen MR) is 87.6 cm³/mol. The molecule has 0 aliphatic heterocycles. The van der Waals surface area contributed by atoms with Gasteiger partial charge in [0, 0.05) is 6.04 Å². The van der Waals surface area contributed by atoms with Gasteiger partial charge in [0.05, 0.1) is 0 Å². The van der Waals surface area contributed by atoms with Crippen molar-refractivity contribution in [1.29, 1.82) is 0 Å². The van der Waals surface area contributed by atoms with Crippen molar-refractivity contribution in [3.8, 4) is 0 Å². The number of hydrogen-bond acceptors (Lipinski definition) is 2. The second-order valence-electron chi connectivity index (χ2n) is 5.79. The van der Waals surface area contributed by atoms with Crippen molar-refractivity contribution in [2.45, 2.75) is 96.9 Å². The van der Waals surface area contributed by atoms with Crippen molar-refractivity contribution in [2.75, 3.05) is 13.1 Å². The average molecular weight is 271 g/mol. The molecule has 0 bridgehead atoms. The van der Waals surface area contributed by atoms with E-state index < -0.39 is 0 Å². The highest BCUT2D eigenvalue weighted by Gasteiger charge is 2.00. The Hall–Kier alpha value is -0.0800. The van der Waals surface area contributed by atoms with Crippen LogP contribution in [0.3, 0.4) is 0 Å². The Kier molecular flexibility index (Phi) is 15.9. The summed E-state index contributed by atoms with van der Waals surface area (Å²) in [5.41, 5.74) is 5.48. The molecule has 19 heavy (non-hydrogen) atoms. The largest absolute Gasteiger partial charge is 0.330 e. The standard InChI is InChI=1S/C17H38N2/c1-3-17(4-2)19-16-14-12-10-8-6-5-7-9-11-13-15-18/h17,19H,3-16,18H2,1-2H3. The molecule has 2 nitrogen and oxygen atoms in total. The van der Waals surface area contributed by atoms with Gasteiger partial charge in [0.2, 0.25) is 0 Å². The molecule has 0 aromatic heterocycles. The minimum Gasteiger partial charge on any atom is -0.330 e. The van der Waals surface area contributed by atoms with Crippen LogP contribution in [0.4, 0.5) is 0 Å². The summed E-state index contributed by atoms with van der Waals surface area (Å²) in [5.74, 6) is 0. The fourth-order valence-corrected chi connectivity index (χ4v) is 2.57. The van der Waals surface area contributed by atoms with Crippen molar-refractivity contribution >= 4 is 0 Å². The Morgan fingerprint density at radius 3 is 1.53 bits per heavy atom. The van der Waals surface area contributed by atoms with Gasteiger partial charge >= 0.3 is 0 Å². The first-order chi connectivity index (χ1) is 9.35. The Morgan fingerprint density at radius 2 is 1.11 bits per heavy atom. The Balaban J connectivity index is 3.02. The minimum absolute atomic E-state index is 0.744. The van der Waals surface area contributed by atoms with Gasteiger partial charge in [-0.3, -0.25) is 0 Å². The zero-order valence-corrected chi connectivity index (χ0v) is 13.6. The van der Waals surface area contributed by atoms with Crippen LogP contribution in [-0.2, 0) is 0 Å². The molecular weight excluding hydrogens is 232 g/mol. The minimum atomic E-state index is 0.744. The molecule has 0 saturated heterocycles. The van der Waals surface area contributed by atoms with Gasteiger partial charge in [0.15, 0.2) is 0 Å². The molecule has 3 N–H and O–H groups in total. The van der Waals surface area contributed by atoms with E-state index in [1.54, 1.807) is 0 Å². The first-order valence-electron chi connectivity index (χ1n) is 8.78. The van der Waals surface area contributed by atoms with E-state index in [0.29, 0.717) is 0 Å². The maximum atomic E-state index is 5.48. The highest BCUT2D eigenvalue weighted by molar-refractivity contribution is 4.61. The molecule has 2 heteroatoms. The molecule has 0 aliphatic carbocycles. The lowest BCUT2D eigenvalue weighted by molar-refractivity contribution is 0.466. The van der Waals surface area contributed by atoms with Crippen LogP contribution >= 0.6 is 0 Å². The van der Waals surface area contributed by atoms with Crippen LogP contribution in [0.5, 0.6) is 0 Å². The van der Waals surface area contributed by atoms with Gasteiger partial charge in [-0.25, -0.2) is 0 Å². The van der Waals surface area contributed by atoms with Gasteiger partial charge in [-0.15, -0.1) is 0 Å². The predicted octanol–water partition coefficient (Wildman–Crippen LogP) is 4.62. The average Bonchev–Trinajstić information content (AvgIpc) is 2.44. The third-order valence-electron chi connectivity index (χ3n) is 4.05. The zero-order chi connectivity index (χ0) is 14.2. The second kappa shape index (κ2) is 16.0. The third-order valence-corrected chi connectivity index (χ3v) is 4.05. The van der Waals surface area contributed by atoms with Crippen LogP contribution in [0.15, 0.2) is 0 Å². The van der Waals surface area contributed by atoms with E-state index in [2.05, 4.69) is 19.2 Å². The monoisotopic (exact) mass is 270 g/mol. The lowest BCUT2D eigenvalue weighted by Crippen LogP contribution is -2.28. The quantitative estimate of drug-likeness (QED) is 0.426. The molecule has 0 saturated carbocycles. The summed E-state index contributed by atoms with van der Waals surface area (Å²) in [4.78, 5) is 0. The molecule has 0 radical (unpaired) electrons. The molecule has 0 amide bonds. The smallest absolute Gasteiger partial charge is 0.00618 e. The molecule has 0 rings (SSSR count). The molecule has 0 aromatic carbocycles. The topological polar surface area (TPSA) is 38.0 Å². The summed E-state index contributed by atoms with van der Waals surface area (Å²) in [6.45, 7) is 6.62. The number of rotatable bonds is 15. The van der Waals surface area contributed by atoms with Crippen LogP contribution in [0, 0.1) is 0 Å². The van der Waals surface area contributed by atoms with Crippen LogP contribution in [0.25, 0.3) is 0 Å². The first kappa shape index (κ1) is 18.9. The highest BCUT2D eigenvalue weighted by atomic mass is 14.9. The second-order valence-corrected chi connectivity index (χ2v) is 5.79. The van der Waals surface area contributed by atoms with Crippen LogP contribution in [-0.4, -0.2) is 19.1 Å². The highest BCUT2D eigenvalue weighted by Crippen LogP contribution is 2.10. The Bertz CT molecular complexity index is 155. The van der Waals surface area contributed by atoms with Crippen LogP contribution < -0.4 is 11.1 Å². The molecule has 0 aromatic rings. The maximum absolute atomic E-state index is 5.48. The summed E-state index contributed by atoms with van der Waals surface area (Å²) < 4.78 is 0. The van der Waals surface area contributed by atoms with E-state index >= 15 is 0 Å². The number of nitrogens with one attached hydrogen (secondary N) is 1. The molecule has 0 spiro atoms. The van der Waals surface area contributed by atoms with Gasteiger partial charge in [0.1, 0.15) is 0 Å². The van der Waals surface area contributed by atoms with Crippen molar-refractivity contribution < 1.29 is 0 Å². The molecule has 0 atom stereocenters. The number of unbranched alkanes of at least 4 members (excludes halogenated alkanes) is 9. The molecule has 0 fully saturated rings. The zero-order valence-electron chi connectivity index (χ0n) is 13.6. The van der Waals surface area contributed by atoms with Gasteiger partial charge in [0.25, 0.3) is 0 Å². The number of nitrogens with two attached hydrogens (primary N) is 1. The molecule has 116 valence electrons. The first-order valence-corrected chi connectivity index (χ1v) is 8.78. The summed E-state index contributed by atoms with van der Waals surface area (Å²) in [7, 11) is 0. The van der Waals surface area contributed by atoms with Crippen molar-refractivity contribution in [2.24, 2.45) is 5.73 Å². The van der Waals surface area contributed by atoms with E-state index in [1.807, 2.05) is 0 Å². The van der Waals surface area contributed by atoms with Crippen molar-refractivity contribution in [3.05, 3.63) is 0 Å². The van der Waals surface area contributed by atoms with Gasteiger partial charge in [-0.05, 0) is 38.8 Å².